The van der Waals surface area contributed by atoms with Gasteiger partial charge in [-0.3, -0.25) is 9.69 Å². The Balaban J connectivity index is 1.15. The number of anilines is 2. The fraction of sp³-hybridized carbons (Fsp3) is 0.531. The zero-order chi connectivity index (χ0) is 29.6. The Bertz CT molecular complexity index is 1370. The summed E-state index contributed by atoms with van der Waals surface area (Å²) in [5, 5.41) is 17.2. The van der Waals surface area contributed by atoms with Crippen molar-refractivity contribution in [3.8, 4) is 5.75 Å². The number of carbonyl (C=O) groups excluding carboxylic acids is 1. The van der Waals surface area contributed by atoms with E-state index in [1.807, 2.05) is 32.2 Å². The molecule has 1 aliphatic carbocycles. The minimum atomic E-state index is -0.680. The van der Waals surface area contributed by atoms with Crippen molar-refractivity contribution in [3.63, 3.8) is 0 Å². The smallest absolute Gasteiger partial charge is 0.251 e. The predicted octanol–water partition coefficient (Wildman–Crippen LogP) is 4.23. The molecule has 0 bridgehead atoms. The number of aliphatic hydroxyl groups excluding tert-OH is 1. The number of pyridine rings is 1. The maximum absolute atomic E-state index is 13.1. The number of carbonyl (C=O) groups is 1. The molecule has 0 saturated heterocycles. The molecule has 1 unspecified atom stereocenters. The van der Waals surface area contributed by atoms with Crippen LogP contribution in [0.4, 0.5) is 11.6 Å². The Morgan fingerprint density at radius 3 is 2.83 bits per heavy atom. The van der Waals surface area contributed by atoms with E-state index in [-0.39, 0.29) is 12.5 Å². The van der Waals surface area contributed by atoms with E-state index in [0.29, 0.717) is 24.8 Å². The number of hydrogen-bond acceptors (Lipinski definition) is 9. The van der Waals surface area contributed by atoms with Crippen LogP contribution in [0.5, 0.6) is 5.75 Å². The molecule has 5 rings (SSSR count). The van der Waals surface area contributed by atoms with Gasteiger partial charge in [0.05, 0.1) is 11.8 Å². The highest BCUT2D eigenvalue weighted by Gasteiger charge is 2.23. The fourth-order valence-corrected chi connectivity index (χ4v) is 5.60. The molecule has 1 aromatic carbocycles. The Kier molecular flexibility index (Phi) is 9.64. The fourth-order valence-electron chi connectivity index (χ4n) is 5.60. The molecule has 1 fully saturated rings. The number of fused-ring (bicyclic) bond motifs is 1. The third-order valence-corrected chi connectivity index (χ3v) is 8.37. The summed E-state index contributed by atoms with van der Waals surface area (Å²) in [6, 6.07) is 8.19. The van der Waals surface area contributed by atoms with Crippen LogP contribution in [0.3, 0.4) is 0 Å². The number of aryl methyl sites for hydroxylation is 1. The number of aromatic nitrogens is 2. The van der Waals surface area contributed by atoms with Gasteiger partial charge in [0.1, 0.15) is 24.0 Å². The average molecular weight is 577 g/mol. The van der Waals surface area contributed by atoms with Crippen LogP contribution < -0.4 is 20.3 Å². The third kappa shape index (κ3) is 7.22. The lowest BCUT2D eigenvalue weighted by molar-refractivity contribution is 0.0841. The molecule has 226 valence electrons. The van der Waals surface area contributed by atoms with Crippen LogP contribution in [-0.4, -0.2) is 71.3 Å². The summed E-state index contributed by atoms with van der Waals surface area (Å²) in [4.78, 5) is 26.3. The predicted molar refractivity (Wildman–Crippen MR) is 163 cm³/mol. The highest BCUT2D eigenvalue weighted by atomic mass is 16.5. The number of hydrogen-bond donors (Lipinski definition) is 3. The van der Waals surface area contributed by atoms with E-state index in [2.05, 4.69) is 45.3 Å². The van der Waals surface area contributed by atoms with Gasteiger partial charge in [-0.1, -0.05) is 13.0 Å². The molecule has 0 radical (unpaired) electrons. The van der Waals surface area contributed by atoms with Crippen LogP contribution in [0.1, 0.15) is 71.1 Å². The van der Waals surface area contributed by atoms with Crippen molar-refractivity contribution in [2.75, 3.05) is 43.4 Å². The number of ether oxygens (including phenoxy) is 1. The second-order valence-corrected chi connectivity index (χ2v) is 11.6. The molecule has 3 N–H and O–H groups in total. The lowest BCUT2D eigenvalue weighted by Gasteiger charge is -2.31. The van der Waals surface area contributed by atoms with Crippen molar-refractivity contribution in [2.45, 2.75) is 78.2 Å². The van der Waals surface area contributed by atoms with Crippen molar-refractivity contribution in [1.29, 1.82) is 0 Å². The molecule has 3 heterocycles. The van der Waals surface area contributed by atoms with Gasteiger partial charge in [0.15, 0.2) is 12.2 Å². The zero-order valence-electron chi connectivity index (χ0n) is 25.3. The van der Waals surface area contributed by atoms with E-state index < -0.39 is 6.10 Å². The summed E-state index contributed by atoms with van der Waals surface area (Å²) < 4.78 is 11.4. The minimum absolute atomic E-state index is 0.183. The van der Waals surface area contributed by atoms with E-state index >= 15 is 0 Å². The summed E-state index contributed by atoms with van der Waals surface area (Å²) in [7, 11) is 2.00. The number of oxazole rings is 1. The van der Waals surface area contributed by atoms with Crippen LogP contribution in [0.25, 0.3) is 0 Å². The van der Waals surface area contributed by atoms with Gasteiger partial charge in [-0.05, 0) is 80.8 Å². The molecule has 1 atom stereocenters. The van der Waals surface area contributed by atoms with Crippen LogP contribution in [0.2, 0.25) is 0 Å². The van der Waals surface area contributed by atoms with Crippen molar-refractivity contribution in [1.82, 2.24) is 20.2 Å². The maximum Gasteiger partial charge on any atom is 0.251 e. The van der Waals surface area contributed by atoms with Gasteiger partial charge in [0.2, 0.25) is 0 Å². The van der Waals surface area contributed by atoms with Crippen LogP contribution in [0, 0.1) is 13.8 Å². The molecule has 3 aromatic rings. The van der Waals surface area contributed by atoms with Crippen LogP contribution >= 0.6 is 0 Å². The first-order chi connectivity index (χ1) is 20.3. The zero-order valence-corrected chi connectivity index (χ0v) is 25.3. The van der Waals surface area contributed by atoms with Crippen molar-refractivity contribution >= 4 is 17.5 Å². The standard InChI is InChI=1S/C32H44N6O4/c1-5-12-37(4)31-15-24(14-30(36-31)35-25-7-6-8-25)32(40)33-16-26(39)18-38-13-11-27-21(2)28(10-9-23(27)17-38)41-19-29-22(3)34-20-42-29/h9-10,14-15,20,25-26,39H,5-8,11-13,16-19H2,1-4H3,(H,33,40)(H,35,36). The number of β-amino-alcohol motifs (C(OH)–C–C–N with tert-alkyl or cyclic N) is 1. The van der Waals surface area contributed by atoms with E-state index in [1.165, 1.54) is 23.9 Å². The van der Waals surface area contributed by atoms with E-state index in [1.54, 1.807) is 0 Å². The normalized spacial score (nSPS) is 15.9. The number of rotatable bonds is 13. The molecule has 10 nitrogen and oxygen atoms in total. The Hall–Kier alpha value is -3.63. The molecular formula is C32H44N6O4. The highest BCUT2D eigenvalue weighted by Crippen LogP contribution is 2.30. The molecule has 10 heteroatoms. The molecule has 1 amide bonds. The molecule has 2 aromatic heterocycles. The minimum Gasteiger partial charge on any atom is -0.485 e. The lowest BCUT2D eigenvalue weighted by atomic mass is 9.93. The summed E-state index contributed by atoms with van der Waals surface area (Å²) in [6.07, 6.45) is 6.11. The van der Waals surface area contributed by atoms with Crippen LogP contribution in [0.15, 0.2) is 35.1 Å². The first-order valence-corrected chi connectivity index (χ1v) is 15.1. The molecule has 1 aliphatic heterocycles. The summed E-state index contributed by atoms with van der Waals surface area (Å²) in [5.74, 6) is 2.89. The summed E-state index contributed by atoms with van der Waals surface area (Å²) in [6.45, 7) is 9.58. The van der Waals surface area contributed by atoms with Crippen molar-refractivity contribution in [2.24, 2.45) is 0 Å². The van der Waals surface area contributed by atoms with Crippen molar-refractivity contribution in [3.05, 3.63) is 64.4 Å². The van der Waals surface area contributed by atoms with Crippen LogP contribution in [-0.2, 0) is 19.6 Å². The second-order valence-electron chi connectivity index (χ2n) is 11.6. The first-order valence-electron chi connectivity index (χ1n) is 15.1. The number of aliphatic hydroxyl groups is 1. The van der Waals surface area contributed by atoms with Gasteiger partial charge in [0, 0.05) is 51.4 Å². The van der Waals surface area contributed by atoms with Gasteiger partial charge in [-0.15, -0.1) is 0 Å². The molecular weight excluding hydrogens is 532 g/mol. The monoisotopic (exact) mass is 576 g/mol. The lowest BCUT2D eigenvalue weighted by Crippen LogP contribution is -2.42. The highest BCUT2D eigenvalue weighted by molar-refractivity contribution is 5.95. The topological polar surface area (TPSA) is 116 Å². The Morgan fingerprint density at radius 1 is 1.29 bits per heavy atom. The van der Waals surface area contributed by atoms with Gasteiger partial charge < -0.3 is 29.8 Å². The van der Waals surface area contributed by atoms with Crippen molar-refractivity contribution < 1.29 is 19.1 Å². The molecule has 0 spiro atoms. The molecule has 1 saturated carbocycles. The maximum atomic E-state index is 13.1. The molecule has 42 heavy (non-hydrogen) atoms. The van der Waals surface area contributed by atoms with Gasteiger partial charge in [-0.25, -0.2) is 9.97 Å². The molecule has 2 aliphatic rings. The van der Waals surface area contributed by atoms with E-state index in [9.17, 15) is 9.90 Å². The summed E-state index contributed by atoms with van der Waals surface area (Å²) in [5.41, 5.74) is 5.08. The Labute approximate surface area is 248 Å². The number of nitrogens with one attached hydrogen (secondary N) is 2. The third-order valence-electron chi connectivity index (χ3n) is 8.37. The number of benzene rings is 1. The van der Waals surface area contributed by atoms with E-state index in [4.69, 9.17) is 14.1 Å². The number of amides is 1. The van der Waals surface area contributed by atoms with Gasteiger partial charge >= 0.3 is 0 Å². The average Bonchev–Trinajstić information content (AvgIpc) is 3.37. The largest absolute Gasteiger partial charge is 0.485 e. The summed E-state index contributed by atoms with van der Waals surface area (Å²) >= 11 is 0. The van der Waals surface area contributed by atoms with Gasteiger partial charge in [0.25, 0.3) is 5.91 Å². The second kappa shape index (κ2) is 13.6. The SMILES string of the molecule is CCCN(C)c1cc(C(=O)NCC(O)CN2CCc3c(ccc(OCc4ocnc4C)c3C)C2)cc(NC2CCC2)n1. The quantitative estimate of drug-likeness (QED) is 0.275. The first kappa shape index (κ1) is 29.8. The van der Waals surface area contributed by atoms with Gasteiger partial charge in [-0.2, -0.15) is 0 Å². The Morgan fingerprint density at radius 2 is 2.12 bits per heavy atom. The van der Waals surface area contributed by atoms with E-state index in [0.717, 1.165) is 79.7 Å². The number of nitrogens with zero attached hydrogens (tertiary/aromatic N) is 4.